The molecule has 1 saturated heterocycles. The maximum Gasteiger partial charge on any atom is 0.421 e. The van der Waals surface area contributed by atoms with Gasteiger partial charge in [0.25, 0.3) is 0 Å². The van der Waals surface area contributed by atoms with Crippen LogP contribution in [0.5, 0.6) is 0 Å². The number of benzene rings is 2. The number of piperazine rings is 1. The van der Waals surface area contributed by atoms with Crippen molar-refractivity contribution in [1.29, 1.82) is 0 Å². The standard InChI is InChI=1S/C24H30N4O3/c25-28(24(30)31)15-5-4-6-19-9-11-21(12-10-19)23(20-7-2-1-3-8-20)27-16-14-26-22(18-27)13-17-29/h1-3,7-12,22-23,26,29H,5,13-18,25H2,(H,30,31). The van der Waals surface area contributed by atoms with Gasteiger partial charge in [0.05, 0.1) is 12.6 Å². The zero-order valence-corrected chi connectivity index (χ0v) is 17.6. The molecule has 0 spiro atoms. The van der Waals surface area contributed by atoms with Gasteiger partial charge in [0.15, 0.2) is 0 Å². The van der Waals surface area contributed by atoms with Crippen LogP contribution in [0, 0.1) is 11.8 Å². The molecular weight excluding hydrogens is 392 g/mol. The largest absolute Gasteiger partial charge is 0.464 e. The second-order valence-corrected chi connectivity index (χ2v) is 7.62. The fraction of sp³-hybridized carbons (Fsp3) is 0.375. The lowest BCUT2D eigenvalue weighted by molar-refractivity contribution is 0.146. The Morgan fingerprint density at radius 1 is 1.19 bits per heavy atom. The average Bonchev–Trinajstić information content (AvgIpc) is 2.79. The number of aliphatic hydroxyl groups is 1. The van der Waals surface area contributed by atoms with Crippen LogP contribution in [-0.4, -0.2) is 65.0 Å². The summed E-state index contributed by atoms with van der Waals surface area (Å²) >= 11 is 0. The highest BCUT2D eigenvalue weighted by atomic mass is 16.4. The van der Waals surface area contributed by atoms with E-state index in [0.717, 1.165) is 36.6 Å². The predicted molar refractivity (Wildman–Crippen MR) is 120 cm³/mol. The van der Waals surface area contributed by atoms with Gasteiger partial charge >= 0.3 is 6.09 Å². The van der Waals surface area contributed by atoms with Crippen molar-refractivity contribution in [3.8, 4) is 11.8 Å². The maximum absolute atomic E-state index is 10.7. The predicted octanol–water partition coefficient (Wildman–Crippen LogP) is 2.03. The zero-order chi connectivity index (χ0) is 22.1. The molecule has 2 aromatic carbocycles. The third-order valence-corrected chi connectivity index (χ3v) is 5.43. The fourth-order valence-electron chi connectivity index (χ4n) is 3.87. The van der Waals surface area contributed by atoms with E-state index in [-0.39, 0.29) is 25.2 Å². The summed E-state index contributed by atoms with van der Waals surface area (Å²) in [6.45, 7) is 3.06. The molecule has 0 aliphatic carbocycles. The minimum Gasteiger partial charge on any atom is -0.464 e. The maximum atomic E-state index is 10.7. The SMILES string of the molecule is NN(CCC#Cc1ccc(C(c2ccccc2)N2CCNC(CCO)C2)cc1)C(=O)O. The monoisotopic (exact) mass is 422 g/mol. The molecule has 5 N–H and O–H groups in total. The molecule has 2 aromatic rings. The van der Waals surface area contributed by atoms with Crippen molar-refractivity contribution in [2.45, 2.75) is 24.9 Å². The van der Waals surface area contributed by atoms with Crippen molar-refractivity contribution in [3.63, 3.8) is 0 Å². The first-order valence-corrected chi connectivity index (χ1v) is 10.6. The second kappa shape index (κ2) is 11.5. The van der Waals surface area contributed by atoms with Crippen LogP contribution in [0.4, 0.5) is 4.79 Å². The third-order valence-electron chi connectivity index (χ3n) is 5.43. The van der Waals surface area contributed by atoms with E-state index in [2.05, 4.69) is 58.5 Å². The number of nitrogens with zero attached hydrogens (tertiary/aromatic N) is 2. The quantitative estimate of drug-likeness (QED) is 0.236. The summed E-state index contributed by atoms with van der Waals surface area (Å²) in [5.41, 5.74) is 3.32. The van der Waals surface area contributed by atoms with Gasteiger partial charge in [-0.15, -0.1) is 0 Å². The van der Waals surface area contributed by atoms with E-state index >= 15 is 0 Å². The number of carboxylic acid groups (broad SMARTS) is 1. The molecule has 164 valence electrons. The van der Waals surface area contributed by atoms with Crippen molar-refractivity contribution in [2.24, 2.45) is 5.84 Å². The third kappa shape index (κ3) is 6.54. The number of rotatable bonds is 7. The lowest BCUT2D eigenvalue weighted by atomic mass is 9.94. The van der Waals surface area contributed by atoms with Crippen molar-refractivity contribution in [2.75, 3.05) is 32.8 Å². The molecule has 3 rings (SSSR count). The summed E-state index contributed by atoms with van der Waals surface area (Å²) in [5, 5.41) is 22.3. The van der Waals surface area contributed by atoms with Crippen LogP contribution in [0.2, 0.25) is 0 Å². The Balaban J connectivity index is 1.75. The summed E-state index contributed by atoms with van der Waals surface area (Å²) in [6, 6.07) is 19.1. The van der Waals surface area contributed by atoms with Gasteiger partial charge in [0.1, 0.15) is 0 Å². The molecule has 0 saturated carbocycles. The first-order chi connectivity index (χ1) is 15.1. The van der Waals surface area contributed by atoms with E-state index in [9.17, 15) is 9.90 Å². The Bertz CT molecular complexity index is 891. The van der Waals surface area contributed by atoms with Crippen molar-refractivity contribution >= 4 is 6.09 Å². The smallest absolute Gasteiger partial charge is 0.421 e. The highest BCUT2D eigenvalue weighted by molar-refractivity contribution is 5.64. The van der Waals surface area contributed by atoms with E-state index in [1.54, 1.807) is 0 Å². The van der Waals surface area contributed by atoms with Gasteiger partial charge in [0, 0.05) is 44.3 Å². The molecule has 1 aliphatic heterocycles. The molecule has 1 amide bonds. The van der Waals surface area contributed by atoms with Gasteiger partial charge in [-0.05, 0) is 29.7 Å². The highest BCUT2D eigenvalue weighted by Crippen LogP contribution is 2.30. The van der Waals surface area contributed by atoms with Gasteiger partial charge in [-0.25, -0.2) is 15.6 Å². The number of nitrogens with one attached hydrogen (secondary N) is 1. The summed E-state index contributed by atoms with van der Waals surface area (Å²) in [5.74, 6) is 11.4. The molecule has 1 fully saturated rings. The van der Waals surface area contributed by atoms with E-state index in [0.29, 0.717) is 6.42 Å². The Kier molecular flexibility index (Phi) is 8.44. The average molecular weight is 423 g/mol. The minimum atomic E-state index is -1.16. The van der Waals surface area contributed by atoms with Crippen molar-refractivity contribution < 1.29 is 15.0 Å². The molecule has 31 heavy (non-hydrogen) atoms. The topological polar surface area (TPSA) is 102 Å². The molecule has 2 atom stereocenters. The molecule has 1 aliphatic rings. The fourth-order valence-corrected chi connectivity index (χ4v) is 3.87. The van der Waals surface area contributed by atoms with Gasteiger partial charge < -0.3 is 15.5 Å². The van der Waals surface area contributed by atoms with Crippen LogP contribution in [0.1, 0.15) is 35.6 Å². The van der Waals surface area contributed by atoms with E-state index in [1.807, 2.05) is 18.2 Å². The van der Waals surface area contributed by atoms with E-state index < -0.39 is 6.09 Å². The summed E-state index contributed by atoms with van der Waals surface area (Å²) in [4.78, 5) is 13.2. The Morgan fingerprint density at radius 2 is 1.90 bits per heavy atom. The number of carbonyl (C=O) groups is 1. The molecule has 0 aromatic heterocycles. The Labute approximate surface area is 183 Å². The molecule has 7 nitrogen and oxygen atoms in total. The summed E-state index contributed by atoms with van der Waals surface area (Å²) in [7, 11) is 0. The number of hydrogen-bond acceptors (Lipinski definition) is 5. The van der Waals surface area contributed by atoms with Crippen LogP contribution in [-0.2, 0) is 0 Å². The number of aliphatic hydroxyl groups excluding tert-OH is 1. The second-order valence-electron chi connectivity index (χ2n) is 7.62. The van der Waals surface area contributed by atoms with Crippen molar-refractivity contribution in [1.82, 2.24) is 15.2 Å². The lowest BCUT2D eigenvalue weighted by Gasteiger charge is -2.39. The van der Waals surface area contributed by atoms with Gasteiger partial charge in [-0.2, -0.15) is 0 Å². The van der Waals surface area contributed by atoms with Crippen LogP contribution in [0.15, 0.2) is 54.6 Å². The van der Waals surface area contributed by atoms with Crippen molar-refractivity contribution in [3.05, 3.63) is 71.3 Å². The first kappa shape index (κ1) is 22.8. The molecule has 2 unspecified atom stereocenters. The normalized spacial score (nSPS) is 17.4. The van der Waals surface area contributed by atoms with E-state index in [1.165, 1.54) is 11.1 Å². The first-order valence-electron chi connectivity index (χ1n) is 10.6. The van der Waals surface area contributed by atoms with Gasteiger partial charge in [-0.1, -0.05) is 54.3 Å². The molecule has 7 heteroatoms. The minimum absolute atomic E-state index is 0.132. The lowest BCUT2D eigenvalue weighted by Crippen LogP contribution is -2.52. The molecule has 1 heterocycles. The highest BCUT2D eigenvalue weighted by Gasteiger charge is 2.27. The van der Waals surface area contributed by atoms with Crippen LogP contribution < -0.4 is 11.2 Å². The molecule has 0 radical (unpaired) electrons. The Morgan fingerprint density at radius 3 is 2.58 bits per heavy atom. The number of hydrazine groups is 1. The van der Waals surface area contributed by atoms with Crippen LogP contribution in [0.3, 0.4) is 0 Å². The summed E-state index contributed by atoms with van der Waals surface area (Å²) < 4.78 is 0. The van der Waals surface area contributed by atoms with Crippen LogP contribution in [0.25, 0.3) is 0 Å². The number of amides is 1. The van der Waals surface area contributed by atoms with Gasteiger partial charge in [-0.3, -0.25) is 4.90 Å². The number of nitrogens with two attached hydrogens (primary N) is 1. The van der Waals surface area contributed by atoms with E-state index in [4.69, 9.17) is 10.9 Å². The zero-order valence-electron chi connectivity index (χ0n) is 17.6. The van der Waals surface area contributed by atoms with Crippen LogP contribution >= 0.6 is 0 Å². The Hall–Kier alpha value is -2.89. The molecule has 0 bridgehead atoms. The number of hydrogen-bond donors (Lipinski definition) is 4. The molecular formula is C24H30N4O3. The summed E-state index contributed by atoms with van der Waals surface area (Å²) in [6.07, 6.45) is -0.0361. The van der Waals surface area contributed by atoms with Gasteiger partial charge in [0.2, 0.25) is 0 Å².